The third-order valence-electron chi connectivity index (χ3n) is 2.07. The number of anilines is 1. The normalized spacial score (nSPS) is 15.1. The van der Waals surface area contributed by atoms with Gasteiger partial charge in [0, 0.05) is 17.1 Å². The zero-order valence-corrected chi connectivity index (χ0v) is 9.72. The molecule has 14 heavy (non-hydrogen) atoms. The molecule has 0 saturated heterocycles. The first-order chi connectivity index (χ1) is 6.59. The Morgan fingerprint density at radius 3 is 3.00 bits per heavy atom. The summed E-state index contributed by atoms with van der Waals surface area (Å²) in [4.78, 5) is 12.6. The Bertz CT molecular complexity index is 408. The molecule has 74 valence electrons. The largest absolute Gasteiger partial charge is 0.444 e. The van der Waals surface area contributed by atoms with E-state index in [0.29, 0.717) is 5.02 Å². The zero-order chi connectivity index (χ0) is 10.3. The third kappa shape index (κ3) is 1.48. The summed E-state index contributed by atoms with van der Waals surface area (Å²) in [6.45, 7) is 0.275. The second-order valence-corrected chi connectivity index (χ2v) is 4.33. The van der Waals surface area contributed by atoms with Crippen LogP contribution in [-0.2, 0) is 11.3 Å². The molecule has 0 bridgehead atoms. The molecule has 2 rings (SSSR count). The summed E-state index contributed by atoms with van der Waals surface area (Å²) in [6.07, 6.45) is -0.373. The second-order valence-electron chi connectivity index (χ2n) is 3.01. The summed E-state index contributed by atoms with van der Waals surface area (Å²) in [5.74, 6) is 0. The summed E-state index contributed by atoms with van der Waals surface area (Å²) in [5.41, 5.74) is 1.64. The molecule has 5 heteroatoms. The summed E-state index contributed by atoms with van der Waals surface area (Å²) in [5, 5.41) is 0.550. The predicted octanol–water partition coefficient (Wildman–Crippen LogP) is 3.19. The molecule has 0 unspecified atom stereocenters. The minimum atomic E-state index is -0.373. The molecule has 0 aromatic heterocycles. The number of benzene rings is 1. The number of halogens is 2. The molecule has 0 fully saturated rings. The first-order valence-corrected chi connectivity index (χ1v) is 5.15. The van der Waals surface area contributed by atoms with Gasteiger partial charge in [-0.15, -0.1) is 0 Å². The van der Waals surface area contributed by atoms with Crippen molar-refractivity contribution < 1.29 is 9.53 Å². The molecule has 0 saturated carbocycles. The summed E-state index contributed by atoms with van der Waals surface area (Å²) < 4.78 is 5.82. The number of hydrogen-bond donors (Lipinski definition) is 0. The van der Waals surface area contributed by atoms with E-state index in [0.717, 1.165) is 15.7 Å². The van der Waals surface area contributed by atoms with E-state index in [1.54, 1.807) is 13.1 Å². The average molecular weight is 277 g/mol. The van der Waals surface area contributed by atoms with Gasteiger partial charge in [0.1, 0.15) is 6.61 Å². The van der Waals surface area contributed by atoms with Gasteiger partial charge in [0.2, 0.25) is 0 Å². The lowest BCUT2D eigenvalue weighted by Gasteiger charge is -2.26. The maximum absolute atomic E-state index is 11.2. The van der Waals surface area contributed by atoms with Gasteiger partial charge in [-0.05, 0) is 12.1 Å². The van der Waals surface area contributed by atoms with Crippen LogP contribution in [-0.4, -0.2) is 13.1 Å². The van der Waals surface area contributed by atoms with Crippen molar-refractivity contribution in [2.24, 2.45) is 0 Å². The molecular weight excluding hydrogens is 269 g/mol. The van der Waals surface area contributed by atoms with Crippen LogP contribution in [0.2, 0.25) is 5.02 Å². The van der Waals surface area contributed by atoms with Crippen molar-refractivity contribution in [3.63, 3.8) is 0 Å². The fourth-order valence-corrected chi connectivity index (χ4v) is 2.44. The van der Waals surface area contributed by atoms with Crippen molar-refractivity contribution in [1.29, 1.82) is 0 Å². The summed E-state index contributed by atoms with van der Waals surface area (Å²) in [6, 6.07) is 3.65. The second kappa shape index (κ2) is 3.44. The number of nitrogens with zero attached hydrogens (tertiary/aromatic N) is 1. The Labute approximate surface area is 94.7 Å². The first kappa shape index (κ1) is 9.80. The Balaban J connectivity index is 2.60. The highest BCUT2D eigenvalue weighted by Crippen LogP contribution is 2.35. The van der Waals surface area contributed by atoms with E-state index in [-0.39, 0.29) is 12.7 Å². The SMILES string of the molecule is CN1C(=O)OCc2cc(Br)cc(Cl)c21. The van der Waals surface area contributed by atoms with Crippen LogP contribution in [0.25, 0.3) is 0 Å². The van der Waals surface area contributed by atoms with Gasteiger partial charge < -0.3 is 4.74 Å². The molecule has 0 spiro atoms. The molecule has 1 aliphatic rings. The van der Waals surface area contributed by atoms with Crippen LogP contribution in [0.5, 0.6) is 0 Å². The van der Waals surface area contributed by atoms with Crippen LogP contribution in [0.4, 0.5) is 10.5 Å². The van der Waals surface area contributed by atoms with Crippen LogP contribution in [0.3, 0.4) is 0 Å². The van der Waals surface area contributed by atoms with Crippen molar-refractivity contribution >= 4 is 39.3 Å². The molecule has 1 aromatic carbocycles. The molecule has 3 nitrogen and oxygen atoms in total. The van der Waals surface area contributed by atoms with Crippen LogP contribution in [0.1, 0.15) is 5.56 Å². The summed E-state index contributed by atoms with van der Waals surface area (Å²) >= 11 is 9.36. The Morgan fingerprint density at radius 1 is 1.57 bits per heavy atom. The Morgan fingerprint density at radius 2 is 2.29 bits per heavy atom. The smallest absolute Gasteiger partial charge is 0.414 e. The van der Waals surface area contributed by atoms with E-state index in [4.69, 9.17) is 16.3 Å². The van der Waals surface area contributed by atoms with E-state index in [1.807, 2.05) is 6.07 Å². The predicted molar refractivity (Wildman–Crippen MR) is 57.7 cm³/mol. The maximum Gasteiger partial charge on any atom is 0.414 e. The number of carbonyl (C=O) groups excluding carboxylic acids is 1. The van der Waals surface area contributed by atoms with Crippen LogP contribution >= 0.6 is 27.5 Å². The van der Waals surface area contributed by atoms with Gasteiger partial charge in [-0.3, -0.25) is 4.90 Å². The van der Waals surface area contributed by atoms with E-state index >= 15 is 0 Å². The first-order valence-electron chi connectivity index (χ1n) is 3.98. The monoisotopic (exact) mass is 275 g/mol. The van der Waals surface area contributed by atoms with Gasteiger partial charge in [0.25, 0.3) is 0 Å². The third-order valence-corrected chi connectivity index (χ3v) is 2.81. The molecular formula is C9H7BrClNO2. The number of ether oxygens (including phenoxy) is 1. The number of cyclic esters (lactones) is 1. The summed E-state index contributed by atoms with van der Waals surface area (Å²) in [7, 11) is 1.64. The molecule has 0 atom stereocenters. The lowest BCUT2D eigenvalue weighted by atomic mass is 10.1. The van der Waals surface area contributed by atoms with Gasteiger partial charge >= 0.3 is 6.09 Å². The fraction of sp³-hybridized carbons (Fsp3) is 0.222. The van der Waals surface area contributed by atoms with Crippen LogP contribution in [0.15, 0.2) is 16.6 Å². The number of fused-ring (bicyclic) bond motifs is 1. The minimum Gasteiger partial charge on any atom is -0.444 e. The minimum absolute atomic E-state index is 0.275. The molecule has 0 radical (unpaired) electrons. The van der Waals surface area contributed by atoms with Crippen molar-refractivity contribution in [2.45, 2.75) is 6.61 Å². The maximum atomic E-state index is 11.2. The molecule has 1 aromatic rings. The van der Waals surface area contributed by atoms with Gasteiger partial charge in [-0.25, -0.2) is 4.79 Å². The van der Waals surface area contributed by atoms with E-state index in [1.165, 1.54) is 4.90 Å². The number of rotatable bonds is 0. The van der Waals surface area contributed by atoms with Gasteiger partial charge in [-0.2, -0.15) is 0 Å². The molecule has 0 N–H and O–H groups in total. The molecule has 1 heterocycles. The van der Waals surface area contributed by atoms with E-state index in [9.17, 15) is 4.79 Å². The molecule has 1 aliphatic heterocycles. The zero-order valence-electron chi connectivity index (χ0n) is 7.38. The number of amides is 1. The topological polar surface area (TPSA) is 29.5 Å². The lowest BCUT2D eigenvalue weighted by Crippen LogP contribution is -2.32. The highest BCUT2D eigenvalue weighted by molar-refractivity contribution is 9.10. The van der Waals surface area contributed by atoms with Gasteiger partial charge in [-0.1, -0.05) is 27.5 Å². The van der Waals surface area contributed by atoms with Crippen LogP contribution in [0, 0.1) is 0 Å². The number of carbonyl (C=O) groups is 1. The van der Waals surface area contributed by atoms with Crippen molar-refractivity contribution in [2.75, 3.05) is 11.9 Å². The molecule has 1 amide bonds. The highest BCUT2D eigenvalue weighted by Gasteiger charge is 2.24. The molecule has 0 aliphatic carbocycles. The van der Waals surface area contributed by atoms with Gasteiger partial charge in [0.15, 0.2) is 0 Å². The van der Waals surface area contributed by atoms with Gasteiger partial charge in [0.05, 0.1) is 10.7 Å². The van der Waals surface area contributed by atoms with Crippen molar-refractivity contribution in [3.05, 3.63) is 27.2 Å². The lowest BCUT2D eigenvalue weighted by molar-refractivity contribution is 0.143. The Hall–Kier alpha value is -0.740. The van der Waals surface area contributed by atoms with Crippen molar-refractivity contribution in [1.82, 2.24) is 0 Å². The number of hydrogen-bond acceptors (Lipinski definition) is 2. The van der Waals surface area contributed by atoms with Crippen molar-refractivity contribution in [3.8, 4) is 0 Å². The standard InChI is InChI=1S/C9H7BrClNO2/c1-12-8-5(4-14-9(12)13)2-6(10)3-7(8)11/h2-3H,4H2,1H3. The quantitative estimate of drug-likeness (QED) is 0.728. The van der Waals surface area contributed by atoms with E-state index < -0.39 is 0 Å². The highest BCUT2D eigenvalue weighted by atomic mass is 79.9. The van der Waals surface area contributed by atoms with E-state index in [2.05, 4.69) is 15.9 Å². The van der Waals surface area contributed by atoms with Crippen LogP contribution < -0.4 is 4.90 Å². The fourth-order valence-electron chi connectivity index (χ4n) is 1.43. The Kier molecular flexibility index (Phi) is 2.41. The average Bonchev–Trinajstić information content (AvgIpc) is 2.10.